The number of hydrogen-bond acceptors (Lipinski definition) is 3. The second-order valence-electron chi connectivity index (χ2n) is 6.31. The quantitative estimate of drug-likeness (QED) is 0.918. The molecule has 1 saturated heterocycles. The molecule has 0 aromatic heterocycles. The number of nitrogens with one attached hydrogen (secondary N) is 1. The van der Waals surface area contributed by atoms with E-state index in [0.29, 0.717) is 37.3 Å². The summed E-state index contributed by atoms with van der Waals surface area (Å²) in [5, 5.41) is 2.95. The van der Waals surface area contributed by atoms with Crippen molar-refractivity contribution in [2.45, 2.75) is 25.2 Å². The maximum atomic E-state index is 14.4. The van der Waals surface area contributed by atoms with Crippen LogP contribution in [0.15, 0.2) is 42.5 Å². The minimum atomic E-state index is -0.919. The fourth-order valence-electron chi connectivity index (χ4n) is 3.39. The summed E-state index contributed by atoms with van der Waals surface area (Å²) in [7, 11) is 1.61. The molecule has 1 fully saturated rings. The van der Waals surface area contributed by atoms with Gasteiger partial charge in [0.2, 0.25) is 5.91 Å². The van der Waals surface area contributed by atoms with Crippen molar-refractivity contribution < 1.29 is 18.7 Å². The zero-order chi connectivity index (χ0) is 17.9. The lowest BCUT2D eigenvalue weighted by Gasteiger charge is -2.36. The van der Waals surface area contributed by atoms with E-state index in [9.17, 15) is 9.18 Å². The normalized spacial score (nSPS) is 16.3. The average Bonchev–Trinajstić information content (AvgIpc) is 2.63. The Morgan fingerprint density at radius 2 is 1.92 bits per heavy atom. The molecule has 0 unspecified atom stereocenters. The van der Waals surface area contributed by atoms with E-state index in [1.165, 1.54) is 6.07 Å². The number of ether oxygens (including phenoxy) is 2. The van der Waals surface area contributed by atoms with Gasteiger partial charge in [0.05, 0.1) is 12.5 Å². The summed E-state index contributed by atoms with van der Waals surface area (Å²) < 4.78 is 25.1. The number of anilines is 1. The second-order valence-corrected chi connectivity index (χ2v) is 6.31. The van der Waals surface area contributed by atoms with E-state index in [4.69, 9.17) is 9.47 Å². The predicted octanol–water partition coefficient (Wildman–Crippen LogP) is 3.83. The summed E-state index contributed by atoms with van der Waals surface area (Å²) in [5.41, 5.74) is 1.11. The molecular formula is C20H22FNO3. The van der Waals surface area contributed by atoms with E-state index in [1.807, 2.05) is 19.1 Å². The van der Waals surface area contributed by atoms with Crippen LogP contribution in [0.3, 0.4) is 0 Å². The maximum absolute atomic E-state index is 14.4. The minimum absolute atomic E-state index is 0.203. The molecule has 0 spiro atoms. The van der Waals surface area contributed by atoms with Crippen molar-refractivity contribution in [1.82, 2.24) is 0 Å². The van der Waals surface area contributed by atoms with Crippen LogP contribution >= 0.6 is 0 Å². The molecule has 0 bridgehead atoms. The molecule has 1 amide bonds. The predicted molar refractivity (Wildman–Crippen MR) is 94.5 cm³/mol. The first-order valence-electron chi connectivity index (χ1n) is 8.36. The third-order valence-corrected chi connectivity index (χ3v) is 4.82. The lowest BCUT2D eigenvalue weighted by atomic mass is 9.73. The Hall–Kier alpha value is -2.40. The highest BCUT2D eigenvalue weighted by Crippen LogP contribution is 2.37. The number of benzene rings is 2. The van der Waals surface area contributed by atoms with Crippen molar-refractivity contribution in [3.63, 3.8) is 0 Å². The third kappa shape index (κ3) is 3.37. The topological polar surface area (TPSA) is 47.6 Å². The van der Waals surface area contributed by atoms with Crippen molar-refractivity contribution in [3.05, 3.63) is 59.4 Å². The minimum Gasteiger partial charge on any atom is -0.496 e. The molecule has 2 aromatic carbocycles. The van der Waals surface area contributed by atoms with E-state index in [-0.39, 0.29) is 11.7 Å². The lowest BCUT2D eigenvalue weighted by Crippen LogP contribution is -2.45. The Morgan fingerprint density at radius 1 is 1.20 bits per heavy atom. The highest BCUT2D eigenvalue weighted by Gasteiger charge is 2.43. The standard InChI is InChI=1S/C20H22FNO3/c1-14-13-15(7-8-18(14)24-2)22-19(23)20(9-11-25-12-10-20)16-5-3-4-6-17(16)21/h3-8,13H,9-12H2,1-2H3,(H,22,23). The van der Waals surface area contributed by atoms with Crippen LogP contribution < -0.4 is 10.1 Å². The summed E-state index contributed by atoms with van der Waals surface area (Å²) in [6.07, 6.45) is 0.907. The molecule has 3 rings (SSSR count). The molecule has 1 N–H and O–H groups in total. The van der Waals surface area contributed by atoms with E-state index in [1.54, 1.807) is 31.4 Å². The van der Waals surface area contributed by atoms with Crippen LogP contribution in [0, 0.1) is 12.7 Å². The molecule has 0 saturated carbocycles. The van der Waals surface area contributed by atoms with Gasteiger partial charge in [0.25, 0.3) is 0 Å². The summed E-state index contributed by atoms with van der Waals surface area (Å²) >= 11 is 0. The van der Waals surface area contributed by atoms with Crippen LogP contribution in [-0.4, -0.2) is 26.2 Å². The van der Waals surface area contributed by atoms with Crippen molar-refractivity contribution in [3.8, 4) is 5.75 Å². The monoisotopic (exact) mass is 343 g/mol. The Labute approximate surface area is 147 Å². The van der Waals surface area contributed by atoms with E-state index in [0.717, 1.165) is 11.3 Å². The first-order valence-corrected chi connectivity index (χ1v) is 8.36. The summed E-state index contributed by atoms with van der Waals surface area (Å²) in [6.45, 7) is 2.78. The van der Waals surface area contributed by atoms with Gasteiger partial charge in [-0.15, -0.1) is 0 Å². The molecule has 1 aliphatic rings. The first-order chi connectivity index (χ1) is 12.1. The molecule has 0 radical (unpaired) electrons. The van der Waals surface area contributed by atoms with Gasteiger partial charge in [0, 0.05) is 24.5 Å². The van der Waals surface area contributed by atoms with E-state index < -0.39 is 5.41 Å². The lowest BCUT2D eigenvalue weighted by molar-refractivity contribution is -0.125. The number of methoxy groups -OCH3 is 1. The maximum Gasteiger partial charge on any atom is 0.235 e. The van der Waals surface area contributed by atoms with Crippen molar-refractivity contribution in [2.75, 3.05) is 25.6 Å². The van der Waals surface area contributed by atoms with Crippen LogP contribution in [0.5, 0.6) is 5.75 Å². The molecule has 1 aliphatic heterocycles. The molecule has 1 heterocycles. The van der Waals surface area contributed by atoms with Gasteiger partial charge < -0.3 is 14.8 Å². The Morgan fingerprint density at radius 3 is 2.56 bits per heavy atom. The Balaban J connectivity index is 1.93. The van der Waals surface area contributed by atoms with Crippen LogP contribution in [0.2, 0.25) is 0 Å². The first kappa shape index (κ1) is 17.4. The van der Waals surface area contributed by atoms with Crippen molar-refractivity contribution in [2.24, 2.45) is 0 Å². The zero-order valence-corrected chi connectivity index (χ0v) is 14.5. The summed E-state index contributed by atoms with van der Waals surface area (Å²) in [4.78, 5) is 13.1. The molecule has 5 heteroatoms. The Kier molecular flexibility index (Phi) is 5.04. The molecule has 2 aromatic rings. The van der Waals surface area contributed by atoms with Gasteiger partial charge in [-0.05, 0) is 49.6 Å². The van der Waals surface area contributed by atoms with Crippen LogP contribution in [0.25, 0.3) is 0 Å². The third-order valence-electron chi connectivity index (χ3n) is 4.82. The van der Waals surface area contributed by atoms with Gasteiger partial charge >= 0.3 is 0 Å². The number of carbonyl (C=O) groups excluding carboxylic acids is 1. The van der Waals surface area contributed by atoms with Gasteiger partial charge in [-0.1, -0.05) is 18.2 Å². The average molecular weight is 343 g/mol. The summed E-state index contributed by atoms with van der Waals surface area (Å²) in [6, 6.07) is 11.9. The van der Waals surface area contributed by atoms with Crippen LogP contribution in [-0.2, 0) is 14.9 Å². The molecular weight excluding hydrogens is 321 g/mol. The fraction of sp³-hybridized carbons (Fsp3) is 0.350. The highest BCUT2D eigenvalue weighted by atomic mass is 19.1. The van der Waals surface area contributed by atoms with Gasteiger partial charge in [0.15, 0.2) is 0 Å². The van der Waals surface area contributed by atoms with E-state index in [2.05, 4.69) is 5.32 Å². The zero-order valence-electron chi connectivity index (χ0n) is 14.5. The van der Waals surface area contributed by atoms with Gasteiger partial charge in [-0.2, -0.15) is 0 Å². The smallest absolute Gasteiger partial charge is 0.235 e. The molecule has 132 valence electrons. The molecule has 25 heavy (non-hydrogen) atoms. The van der Waals surface area contributed by atoms with Crippen LogP contribution in [0.1, 0.15) is 24.0 Å². The largest absolute Gasteiger partial charge is 0.496 e. The molecule has 0 aliphatic carbocycles. The Bertz CT molecular complexity index is 769. The second kappa shape index (κ2) is 7.23. The van der Waals surface area contributed by atoms with Crippen molar-refractivity contribution in [1.29, 1.82) is 0 Å². The van der Waals surface area contributed by atoms with E-state index >= 15 is 0 Å². The summed E-state index contributed by atoms with van der Waals surface area (Å²) in [5.74, 6) is 0.198. The van der Waals surface area contributed by atoms with Crippen LogP contribution in [0.4, 0.5) is 10.1 Å². The highest BCUT2D eigenvalue weighted by molar-refractivity contribution is 5.99. The van der Waals surface area contributed by atoms with Gasteiger partial charge in [-0.25, -0.2) is 4.39 Å². The van der Waals surface area contributed by atoms with Gasteiger partial charge in [0.1, 0.15) is 11.6 Å². The molecule has 0 atom stereocenters. The number of rotatable bonds is 4. The fourth-order valence-corrected chi connectivity index (χ4v) is 3.39. The number of carbonyl (C=O) groups is 1. The SMILES string of the molecule is COc1ccc(NC(=O)C2(c3ccccc3F)CCOCC2)cc1C. The molecule has 4 nitrogen and oxygen atoms in total. The van der Waals surface area contributed by atoms with Gasteiger partial charge in [-0.3, -0.25) is 4.79 Å². The number of amides is 1. The van der Waals surface area contributed by atoms with Crippen molar-refractivity contribution >= 4 is 11.6 Å². The number of hydrogen-bond donors (Lipinski definition) is 1. The number of aryl methyl sites for hydroxylation is 1. The number of halogens is 1.